The van der Waals surface area contributed by atoms with E-state index in [0.29, 0.717) is 6.04 Å². The molecule has 0 saturated carbocycles. The number of allylic oxidation sites excluding steroid dienone is 7. The van der Waals surface area contributed by atoms with Gasteiger partial charge in [0.1, 0.15) is 23.0 Å². The van der Waals surface area contributed by atoms with Crippen LogP contribution in [-0.2, 0) is 0 Å². The molecule has 0 bridgehead atoms. The molecule has 3 unspecified atom stereocenters. The van der Waals surface area contributed by atoms with Gasteiger partial charge in [0.05, 0.1) is 11.0 Å². The van der Waals surface area contributed by atoms with Crippen LogP contribution in [0, 0.1) is 0 Å². The van der Waals surface area contributed by atoms with E-state index in [-0.39, 0.29) is 11.8 Å². The van der Waals surface area contributed by atoms with Gasteiger partial charge in [-0.1, -0.05) is 97.1 Å². The minimum atomic E-state index is 0.0610. The predicted molar refractivity (Wildman–Crippen MR) is 210 cm³/mol. The van der Waals surface area contributed by atoms with Crippen molar-refractivity contribution in [3.63, 3.8) is 0 Å². The average molecular weight is 677 g/mol. The fourth-order valence-electron chi connectivity index (χ4n) is 9.83. The van der Waals surface area contributed by atoms with Crippen molar-refractivity contribution in [3.8, 4) is 17.2 Å². The Morgan fingerprint density at radius 1 is 0.692 bits per heavy atom. The van der Waals surface area contributed by atoms with Gasteiger partial charge < -0.3 is 19.4 Å². The van der Waals surface area contributed by atoms with Gasteiger partial charge in [0.25, 0.3) is 0 Å². The maximum absolute atomic E-state index is 6.97. The highest BCUT2D eigenvalue weighted by atomic mass is 16.5. The number of fused-ring (bicyclic) bond motifs is 5. The fourth-order valence-corrected chi connectivity index (χ4v) is 9.83. The van der Waals surface area contributed by atoms with Gasteiger partial charge in [0, 0.05) is 63.0 Å². The van der Waals surface area contributed by atoms with Gasteiger partial charge in [-0.15, -0.1) is 0 Å². The van der Waals surface area contributed by atoms with E-state index >= 15 is 0 Å². The fraction of sp³-hybridized carbons (Fsp3) is 0.208. The van der Waals surface area contributed by atoms with Crippen molar-refractivity contribution in [3.05, 3.63) is 178 Å². The van der Waals surface area contributed by atoms with E-state index in [1.54, 1.807) is 0 Å². The Morgan fingerprint density at radius 3 is 2.46 bits per heavy atom. The number of hydrogen-bond acceptors (Lipinski definition) is 3. The van der Waals surface area contributed by atoms with Crippen molar-refractivity contribution in [2.24, 2.45) is 0 Å². The zero-order chi connectivity index (χ0) is 34.2. The molecule has 1 N–H and O–H groups in total. The largest absolute Gasteiger partial charge is 0.461 e. The third kappa shape index (κ3) is 4.57. The smallest absolute Gasteiger partial charge is 0.131 e. The summed E-state index contributed by atoms with van der Waals surface area (Å²) < 4.78 is 16.3. The van der Waals surface area contributed by atoms with Crippen LogP contribution in [-0.4, -0.2) is 11.1 Å². The molecule has 11 rings (SSSR count). The molecule has 6 aromatic rings. The summed E-state index contributed by atoms with van der Waals surface area (Å²) in [5, 5.41) is 6.25. The van der Waals surface area contributed by atoms with Crippen LogP contribution < -0.4 is 14.8 Å². The van der Waals surface area contributed by atoms with E-state index in [9.17, 15) is 0 Å². The molecule has 254 valence electrons. The summed E-state index contributed by atoms with van der Waals surface area (Å²) in [6.07, 6.45) is 13.2. The van der Waals surface area contributed by atoms with Crippen molar-refractivity contribution in [1.82, 2.24) is 9.88 Å². The highest BCUT2D eigenvalue weighted by Gasteiger charge is 2.44. The normalized spacial score (nSPS) is 22.0. The number of benzene rings is 5. The zero-order valence-electron chi connectivity index (χ0n) is 29.1. The molecule has 0 spiro atoms. The van der Waals surface area contributed by atoms with Crippen LogP contribution >= 0.6 is 0 Å². The average Bonchev–Trinajstić information content (AvgIpc) is 3.87. The molecule has 5 aliphatic rings. The molecule has 1 aromatic heterocycles. The zero-order valence-corrected chi connectivity index (χ0v) is 29.1. The first-order valence-electron chi connectivity index (χ1n) is 19.0. The third-order valence-corrected chi connectivity index (χ3v) is 12.0. The maximum Gasteiger partial charge on any atom is 0.131 e. The number of nitrogens with zero attached hydrogens (tertiary/aromatic N) is 1. The van der Waals surface area contributed by atoms with Gasteiger partial charge >= 0.3 is 0 Å². The summed E-state index contributed by atoms with van der Waals surface area (Å²) in [7, 11) is 0. The van der Waals surface area contributed by atoms with E-state index < -0.39 is 0 Å². The number of para-hydroxylation sites is 4. The van der Waals surface area contributed by atoms with Crippen LogP contribution in [0.4, 0.5) is 0 Å². The lowest BCUT2D eigenvalue weighted by Crippen LogP contribution is -2.28. The summed E-state index contributed by atoms with van der Waals surface area (Å²) in [4.78, 5) is 0. The molecule has 5 aromatic carbocycles. The molecule has 0 amide bonds. The minimum Gasteiger partial charge on any atom is -0.461 e. The molecule has 4 heteroatoms. The van der Waals surface area contributed by atoms with Gasteiger partial charge in [-0.2, -0.15) is 0 Å². The Morgan fingerprint density at radius 2 is 1.54 bits per heavy atom. The Hall–Kier alpha value is -5.58. The molecule has 1 fully saturated rings. The second kappa shape index (κ2) is 12.0. The Labute approximate surface area is 304 Å². The summed E-state index contributed by atoms with van der Waals surface area (Å²) in [5.74, 6) is 4.29. The number of hydrogen-bond donors (Lipinski definition) is 1. The van der Waals surface area contributed by atoms with E-state index in [2.05, 4.69) is 143 Å². The Kier molecular flexibility index (Phi) is 6.94. The van der Waals surface area contributed by atoms with E-state index in [1.807, 2.05) is 0 Å². The van der Waals surface area contributed by atoms with Crippen molar-refractivity contribution in [2.45, 2.75) is 56.4 Å². The molecule has 0 radical (unpaired) electrons. The predicted octanol–water partition coefficient (Wildman–Crippen LogP) is 11.6. The summed E-state index contributed by atoms with van der Waals surface area (Å²) in [5.41, 5.74) is 12.8. The van der Waals surface area contributed by atoms with Crippen LogP contribution in [0.25, 0.3) is 33.1 Å². The van der Waals surface area contributed by atoms with Crippen LogP contribution in [0.15, 0.2) is 156 Å². The maximum atomic E-state index is 6.97. The lowest BCUT2D eigenvalue weighted by Gasteiger charge is -2.42. The van der Waals surface area contributed by atoms with Crippen molar-refractivity contribution in [2.75, 3.05) is 6.54 Å². The van der Waals surface area contributed by atoms with Crippen molar-refractivity contribution in [1.29, 1.82) is 0 Å². The number of ether oxygens (including phenoxy) is 2. The number of nitrogens with one attached hydrogen (secondary N) is 1. The molecule has 4 nitrogen and oxygen atoms in total. The van der Waals surface area contributed by atoms with Crippen LogP contribution in [0.2, 0.25) is 0 Å². The van der Waals surface area contributed by atoms with Gasteiger partial charge in [-0.05, 0) is 91.8 Å². The van der Waals surface area contributed by atoms with E-state index in [1.165, 1.54) is 79.3 Å². The van der Waals surface area contributed by atoms with Crippen LogP contribution in [0.3, 0.4) is 0 Å². The quantitative estimate of drug-likeness (QED) is 0.202. The van der Waals surface area contributed by atoms with Crippen LogP contribution in [0.1, 0.15) is 78.7 Å². The SMILES string of the molecule is C1=CC2=C(CC1)C(C1C3=C(CCC=C3c3cccc4c5ccccc5n(-c5ccccc5)c34)Oc3ccccc31)c1ccc(C3CCCN3)cc1O2. The third-order valence-electron chi connectivity index (χ3n) is 12.0. The Balaban J connectivity index is 1.16. The lowest BCUT2D eigenvalue weighted by atomic mass is 9.66. The summed E-state index contributed by atoms with van der Waals surface area (Å²) in [6, 6.07) is 42.8. The molecular weight excluding hydrogens is 637 g/mol. The lowest BCUT2D eigenvalue weighted by molar-refractivity contribution is 0.353. The first kappa shape index (κ1) is 30.1. The van der Waals surface area contributed by atoms with Gasteiger partial charge in [0.15, 0.2) is 0 Å². The number of aromatic nitrogens is 1. The molecular formula is C48H40N2O2. The van der Waals surface area contributed by atoms with Crippen molar-refractivity contribution < 1.29 is 9.47 Å². The number of rotatable bonds is 4. The summed E-state index contributed by atoms with van der Waals surface area (Å²) in [6.45, 7) is 1.07. The van der Waals surface area contributed by atoms with E-state index in [0.717, 1.165) is 55.2 Å². The highest BCUT2D eigenvalue weighted by Crippen LogP contribution is 2.59. The second-order valence-electron chi connectivity index (χ2n) is 14.9. The first-order valence-corrected chi connectivity index (χ1v) is 19.0. The highest BCUT2D eigenvalue weighted by molar-refractivity contribution is 6.13. The topological polar surface area (TPSA) is 35.4 Å². The van der Waals surface area contributed by atoms with Crippen LogP contribution in [0.5, 0.6) is 11.5 Å². The molecule has 1 saturated heterocycles. The molecule has 4 heterocycles. The van der Waals surface area contributed by atoms with Gasteiger partial charge in [-0.3, -0.25) is 0 Å². The monoisotopic (exact) mass is 676 g/mol. The first-order chi connectivity index (χ1) is 25.8. The molecule has 3 atom stereocenters. The Bertz CT molecular complexity index is 2540. The van der Waals surface area contributed by atoms with Gasteiger partial charge in [0.2, 0.25) is 0 Å². The molecule has 52 heavy (non-hydrogen) atoms. The molecule has 3 aliphatic heterocycles. The summed E-state index contributed by atoms with van der Waals surface area (Å²) >= 11 is 0. The van der Waals surface area contributed by atoms with Gasteiger partial charge in [-0.25, -0.2) is 0 Å². The second-order valence-corrected chi connectivity index (χ2v) is 14.9. The minimum absolute atomic E-state index is 0.0610. The standard InChI is InChI=1S/C48H40N2O2/c1-2-13-31(14-3-1)50-40-22-7-4-15-32(40)34-19-10-20-35(48(34)50)33-18-11-25-43-46(33)47(37-17-6-9-24-42(37)51-43)45-36-16-5-8-23-41(36)52-44-29-30(26-27-38(44)45)39-21-12-28-49-39/h1-4,6-10,13-15,17-20,22-24,26-27,29,39,45,47,49H,5,11-12,16,21,25,28H2. The van der Waals surface area contributed by atoms with Crippen molar-refractivity contribution >= 4 is 27.4 Å². The molecule has 2 aliphatic carbocycles. The van der Waals surface area contributed by atoms with E-state index in [4.69, 9.17) is 9.47 Å².